The third-order valence-corrected chi connectivity index (χ3v) is 1.76. The zero-order valence-electron chi connectivity index (χ0n) is 7.17. The minimum Gasteiger partial charge on any atom is -0.393 e. The fraction of sp³-hybridized carbons (Fsp3) is 1.00. The first-order chi connectivity index (χ1) is 4.57. The highest BCUT2D eigenvalue weighted by Crippen LogP contribution is 2.13. The van der Waals surface area contributed by atoms with Crippen molar-refractivity contribution >= 4 is 0 Å². The Morgan fingerprint density at radius 3 is 1.90 bits per heavy atom. The second kappa shape index (κ2) is 4.69. The first-order valence-electron chi connectivity index (χ1n) is 3.96. The second-order valence-electron chi connectivity index (χ2n) is 3.37. The van der Waals surface area contributed by atoms with E-state index in [1.807, 2.05) is 0 Å². The van der Waals surface area contributed by atoms with Crippen molar-refractivity contribution in [1.29, 1.82) is 0 Å². The van der Waals surface area contributed by atoms with Gasteiger partial charge in [0.15, 0.2) is 0 Å². The Morgan fingerprint density at radius 2 is 1.80 bits per heavy atom. The lowest BCUT2D eigenvalue weighted by Crippen LogP contribution is -2.26. The van der Waals surface area contributed by atoms with Crippen LogP contribution in [-0.4, -0.2) is 17.8 Å². The molecule has 0 aliphatic heterocycles. The maximum atomic E-state index is 9.18. The summed E-state index contributed by atoms with van der Waals surface area (Å²) < 4.78 is 0. The highest BCUT2D eigenvalue weighted by Gasteiger charge is 2.13. The highest BCUT2D eigenvalue weighted by molar-refractivity contribution is 4.66. The maximum absolute atomic E-state index is 9.18. The number of rotatable bonds is 4. The predicted molar refractivity (Wildman–Crippen MR) is 43.7 cm³/mol. The normalized spacial score (nSPS) is 17.4. The van der Waals surface area contributed by atoms with Crippen molar-refractivity contribution < 1.29 is 5.11 Å². The van der Waals surface area contributed by atoms with Gasteiger partial charge in [0.25, 0.3) is 0 Å². The Morgan fingerprint density at radius 1 is 1.30 bits per heavy atom. The summed E-state index contributed by atoms with van der Waals surface area (Å²) in [6.07, 6.45) is 0.765. The molecule has 0 bridgehead atoms. The average molecular weight is 145 g/mol. The van der Waals surface area contributed by atoms with E-state index in [2.05, 4.69) is 13.8 Å². The molecule has 0 aliphatic carbocycles. The largest absolute Gasteiger partial charge is 0.393 e. The molecule has 2 heteroatoms. The van der Waals surface area contributed by atoms with Gasteiger partial charge in [-0.15, -0.1) is 0 Å². The van der Waals surface area contributed by atoms with E-state index >= 15 is 0 Å². The van der Waals surface area contributed by atoms with E-state index in [0.29, 0.717) is 12.5 Å². The molecule has 0 heterocycles. The summed E-state index contributed by atoms with van der Waals surface area (Å²) in [7, 11) is 0. The van der Waals surface area contributed by atoms with Crippen molar-refractivity contribution in [2.24, 2.45) is 17.6 Å². The van der Waals surface area contributed by atoms with E-state index in [0.717, 1.165) is 6.42 Å². The molecule has 2 atom stereocenters. The van der Waals surface area contributed by atoms with Crippen LogP contribution in [0.15, 0.2) is 0 Å². The lowest BCUT2D eigenvalue weighted by atomic mass is 9.93. The van der Waals surface area contributed by atoms with Gasteiger partial charge in [0, 0.05) is 0 Å². The second-order valence-corrected chi connectivity index (χ2v) is 3.37. The first-order valence-corrected chi connectivity index (χ1v) is 3.96. The van der Waals surface area contributed by atoms with Gasteiger partial charge in [-0.3, -0.25) is 0 Å². The molecule has 2 unspecified atom stereocenters. The Labute approximate surface area is 63.4 Å². The van der Waals surface area contributed by atoms with Crippen LogP contribution in [0.4, 0.5) is 0 Å². The number of aliphatic hydroxyl groups is 1. The quantitative estimate of drug-likeness (QED) is 0.619. The third kappa shape index (κ3) is 3.85. The molecule has 0 saturated heterocycles. The van der Waals surface area contributed by atoms with E-state index < -0.39 is 0 Å². The van der Waals surface area contributed by atoms with Crippen molar-refractivity contribution in [3.8, 4) is 0 Å². The molecule has 0 amide bonds. The Bertz CT molecular complexity index is 81.3. The molecule has 62 valence electrons. The van der Waals surface area contributed by atoms with Crippen LogP contribution in [0.2, 0.25) is 0 Å². The Kier molecular flexibility index (Phi) is 4.65. The van der Waals surface area contributed by atoms with Crippen LogP contribution in [0.1, 0.15) is 27.2 Å². The van der Waals surface area contributed by atoms with Crippen molar-refractivity contribution in [3.63, 3.8) is 0 Å². The molecule has 0 aromatic carbocycles. The summed E-state index contributed by atoms with van der Waals surface area (Å²) in [5, 5.41) is 9.18. The minimum atomic E-state index is -0.257. The molecule has 0 aromatic heterocycles. The van der Waals surface area contributed by atoms with Crippen molar-refractivity contribution in [2.45, 2.75) is 33.3 Å². The van der Waals surface area contributed by atoms with Crippen molar-refractivity contribution in [2.75, 3.05) is 6.54 Å². The van der Waals surface area contributed by atoms with Crippen LogP contribution in [0.3, 0.4) is 0 Å². The smallest absolute Gasteiger partial charge is 0.0552 e. The fourth-order valence-electron chi connectivity index (χ4n) is 1.10. The highest BCUT2D eigenvalue weighted by atomic mass is 16.3. The molecule has 2 nitrogen and oxygen atoms in total. The topological polar surface area (TPSA) is 46.2 Å². The molecule has 0 spiro atoms. The number of aliphatic hydroxyl groups excluding tert-OH is 1. The van der Waals surface area contributed by atoms with Gasteiger partial charge in [-0.1, -0.05) is 13.8 Å². The number of hydrogen-bond donors (Lipinski definition) is 2. The van der Waals surface area contributed by atoms with Crippen LogP contribution < -0.4 is 5.73 Å². The monoisotopic (exact) mass is 145 g/mol. The molecule has 0 fully saturated rings. The van der Waals surface area contributed by atoms with Gasteiger partial charge in [-0.2, -0.15) is 0 Å². The summed E-state index contributed by atoms with van der Waals surface area (Å²) in [6.45, 7) is 6.69. The minimum absolute atomic E-state index is 0.257. The van der Waals surface area contributed by atoms with Gasteiger partial charge in [0.1, 0.15) is 0 Å². The molecule has 0 aliphatic rings. The molecule has 0 aromatic rings. The average Bonchev–Trinajstić information content (AvgIpc) is 1.81. The zero-order chi connectivity index (χ0) is 8.15. The van der Waals surface area contributed by atoms with Crippen LogP contribution in [0.25, 0.3) is 0 Å². The van der Waals surface area contributed by atoms with Crippen LogP contribution >= 0.6 is 0 Å². The SMILES string of the molecule is CC(C)CC(CN)C(C)O. The summed E-state index contributed by atoms with van der Waals surface area (Å²) in [4.78, 5) is 0. The van der Waals surface area contributed by atoms with Gasteiger partial charge in [0.05, 0.1) is 6.10 Å². The molecular formula is C8H19NO. The predicted octanol–water partition coefficient (Wildman–Crippen LogP) is 0.988. The molecule has 0 saturated carbocycles. The van der Waals surface area contributed by atoms with Crippen molar-refractivity contribution in [1.82, 2.24) is 0 Å². The Balaban J connectivity index is 3.60. The van der Waals surface area contributed by atoms with Gasteiger partial charge < -0.3 is 10.8 Å². The van der Waals surface area contributed by atoms with Crippen LogP contribution in [0.5, 0.6) is 0 Å². The fourth-order valence-corrected chi connectivity index (χ4v) is 1.10. The van der Waals surface area contributed by atoms with Gasteiger partial charge in [-0.25, -0.2) is 0 Å². The summed E-state index contributed by atoms with van der Waals surface area (Å²) in [5.41, 5.74) is 5.46. The molecule has 0 radical (unpaired) electrons. The molecule has 10 heavy (non-hydrogen) atoms. The standard InChI is InChI=1S/C8H19NO/c1-6(2)4-8(5-9)7(3)10/h6-8,10H,4-5,9H2,1-3H3. The first kappa shape index (κ1) is 9.92. The van der Waals surface area contributed by atoms with E-state index in [-0.39, 0.29) is 12.0 Å². The number of hydrogen-bond acceptors (Lipinski definition) is 2. The summed E-state index contributed by atoms with van der Waals surface area (Å²) >= 11 is 0. The maximum Gasteiger partial charge on any atom is 0.0552 e. The van der Waals surface area contributed by atoms with Gasteiger partial charge in [-0.05, 0) is 31.7 Å². The van der Waals surface area contributed by atoms with Crippen LogP contribution in [0, 0.1) is 11.8 Å². The molecular weight excluding hydrogens is 126 g/mol. The van der Waals surface area contributed by atoms with Crippen molar-refractivity contribution in [3.05, 3.63) is 0 Å². The Hall–Kier alpha value is -0.0800. The lowest BCUT2D eigenvalue weighted by Gasteiger charge is -2.19. The number of nitrogens with two attached hydrogens (primary N) is 1. The van der Waals surface area contributed by atoms with E-state index in [4.69, 9.17) is 5.73 Å². The van der Waals surface area contributed by atoms with E-state index in [1.54, 1.807) is 6.92 Å². The van der Waals surface area contributed by atoms with Crippen LogP contribution in [-0.2, 0) is 0 Å². The van der Waals surface area contributed by atoms with Gasteiger partial charge in [0.2, 0.25) is 0 Å². The third-order valence-electron chi connectivity index (χ3n) is 1.76. The zero-order valence-corrected chi connectivity index (χ0v) is 7.17. The summed E-state index contributed by atoms with van der Waals surface area (Å²) in [5.74, 6) is 0.906. The van der Waals surface area contributed by atoms with E-state index in [9.17, 15) is 5.11 Å². The molecule has 3 N–H and O–H groups in total. The van der Waals surface area contributed by atoms with E-state index in [1.165, 1.54) is 0 Å². The molecule has 0 rings (SSSR count). The lowest BCUT2D eigenvalue weighted by molar-refractivity contribution is 0.116. The summed E-state index contributed by atoms with van der Waals surface area (Å²) in [6, 6.07) is 0. The van der Waals surface area contributed by atoms with Gasteiger partial charge >= 0.3 is 0 Å².